The lowest BCUT2D eigenvalue weighted by molar-refractivity contribution is -0.125. The van der Waals surface area contributed by atoms with Gasteiger partial charge in [0.05, 0.1) is 58.9 Å². The Kier molecular flexibility index (Phi) is 8.25. The molecule has 4 rings (SSSR count). The Morgan fingerprint density at radius 3 is 2.03 bits per heavy atom. The molecule has 0 unspecified atom stereocenters. The third-order valence-corrected chi connectivity index (χ3v) is 6.68. The van der Waals surface area contributed by atoms with E-state index in [1.165, 1.54) is 21.3 Å². The molecule has 9 nitrogen and oxygen atoms in total. The first-order valence-electron chi connectivity index (χ1n) is 12.2. The third-order valence-electron chi connectivity index (χ3n) is 6.68. The smallest absolute Gasteiger partial charge is 0.230 e. The molecule has 1 heterocycles. The Morgan fingerprint density at radius 2 is 1.45 bits per heavy atom. The summed E-state index contributed by atoms with van der Waals surface area (Å²) in [6.07, 6.45) is 0.560. The summed E-state index contributed by atoms with van der Waals surface area (Å²) in [5.41, 5.74) is 1.87. The van der Waals surface area contributed by atoms with Crippen molar-refractivity contribution in [1.82, 2.24) is 0 Å². The standard InChI is InChI=1S/C29H32N2O7/c1-34-20-12-10-18(11-13-20)27-21(29(33)30-22-8-6-7-9-23(22)35-2)14-15-26(32)31(27)19-16-24(36-3)28(38-5)25(17-19)37-4/h6-13,16-17,21,27H,14-15H2,1-5H3,(H,30,33)/t21-,27+/m1/s1. The summed E-state index contributed by atoms with van der Waals surface area (Å²) in [5.74, 6) is 1.54. The Balaban J connectivity index is 1.82. The number of ether oxygens (including phenoxy) is 5. The lowest BCUT2D eigenvalue weighted by Crippen LogP contribution is -2.47. The fourth-order valence-corrected chi connectivity index (χ4v) is 4.83. The molecule has 0 bridgehead atoms. The van der Waals surface area contributed by atoms with Gasteiger partial charge in [-0.3, -0.25) is 9.59 Å². The van der Waals surface area contributed by atoms with E-state index in [1.54, 1.807) is 43.4 Å². The highest BCUT2D eigenvalue weighted by atomic mass is 16.5. The van der Waals surface area contributed by atoms with Crippen LogP contribution in [-0.2, 0) is 9.59 Å². The summed E-state index contributed by atoms with van der Waals surface area (Å²) in [7, 11) is 7.69. The molecule has 0 aromatic heterocycles. The number of methoxy groups -OCH3 is 5. The Bertz CT molecular complexity index is 1270. The quantitative estimate of drug-likeness (QED) is 0.431. The Labute approximate surface area is 222 Å². The van der Waals surface area contributed by atoms with Gasteiger partial charge in [-0.1, -0.05) is 24.3 Å². The molecular formula is C29H32N2O7. The van der Waals surface area contributed by atoms with Crippen molar-refractivity contribution in [2.75, 3.05) is 45.8 Å². The SMILES string of the molecule is COc1ccc([C@H]2[C@H](C(=O)Nc3ccccc3OC)CCC(=O)N2c2cc(OC)c(OC)c(OC)c2)cc1. The molecular weight excluding hydrogens is 488 g/mol. The second kappa shape index (κ2) is 11.8. The number of piperidine rings is 1. The number of rotatable bonds is 9. The van der Waals surface area contributed by atoms with Crippen molar-refractivity contribution in [3.05, 3.63) is 66.2 Å². The van der Waals surface area contributed by atoms with Gasteiger partial charge in [0.2, 0.25) is 17.6 Å². The number of carbonyl (C=O) groups excluding carboxylic acids is 2. The highest BCUT2D eigenvalue weighted by Gasteiger charge is 2.42. The van der Waals surface area contributed by atoms with Crippen LogP contribution in [0.15, 0.2) is 60.7 Å². The zero-order valence-electron chi connectivity index (χ0n) is 22.1. The van der Waals surface area contributed by atoms with Gasteiger partial charge in [0, 0.05) is 18.6 Å². The van der Waals surface area contributed by atoms with Gasteiger partial charge in [0.1, 0.15) is 11.5 Å². The van der Waals surface area contributed by atoms with Crippen molar-refractivity contribution in [3.8, 4) is 28.7 Å². The van der Waals surface area contributed by atoms with E-state index in [-0.39, 0.29) is 18.2 Å². The van der Waals surface area contributed by atoms with Gasteiger partial charge >= 0.3 is 0 Å². The first-order chi connectivity index (χ1) is 18.4. The summed E-state index contributed by atoms with van der Waals surface area (Å²) < 4.78 is 27.3. The van der Waals surface area contributed by atoms with E-state index in [4.69, 9.17) is 23.7 Å². The molecule has 0 aliphatic carbocycles. The highest BCUT2D eigenvalue weighted by molar-refractivity contribution is 6.01. The average molecular weight is 521 g/mol. The number of para-hydroxylation sites is 2. The number of hydrogen-bond acceptors (Lipinski definition) is 7. The minimum absolute atomic E-state index is 0.124. The van der Waals surface area contributed by atoms with Crippen LogP contribution < -0.4 is 33.9 Å². The molecule has 0 spiro atoms. The van der Waals surface area contributed by atoms with Crippen LogP contribution in [0.4, 0.5) is 11.4 Å². The van der Waals surface area contributed by atoms with Crippen LogP contribution in [0.25, 0.3) is 0 Å². The maximum atomic E-state index is 13.8. The second-order valence-corrected chi connectivity index (χ2v) is 8.70. The lowest BCUT2D eigenvalue weighted by atomic mass is 9.83. The molecule has 2 amide bonds. The normalized spacial score (nSPS) is 17.0. The first kappa shape index (κ1) is 26.7. The fraction of sp³-hybridized carbons (Fsp3) is 0.310. The van der Waals surface area contributed by atoms with E-state index in [0.29, 0.717) is 46.5 Å². The number of anilines is 2. The fourth-order valence-electron chi connectivity index (χ4n) is 4.83. The van der Waals surface area contributed by atoms with E-state index in [9.17, 15) is 9.59 Å². The van der Waals surface area contributed by atoms with Crippen LogP contribution in [0.5, 0.6) is 28.7 Å². The van der Waals surface area contributed by atoms with E-state index in [0.717, 1.165) is 5.56 Å². The number of benzene rings is 3. The maximum Gasteiger partial charge on any atom is 0.230 e. The summed E-state index contributed by atoms with van der Waals surface area (Å²) in [6.45, 7) is 0. The van der Waals surface area contributed by atoms with Crippen LogP contribution >= 0.6 is 0 Å². The van der Waals surface area contributed by atoms with Crippen LogP contribution in [0.2, 0.25) is 0 Å². The van der Waals surface area contributed by atoms with Gasteiger partial charge in [0.15, 0.2) is 11.5 Å². The van der Waals surface area contributed by atoms with Crippen LogP contribution in [-0.4, -0.2) is 47.4 Å². The minimum atomic E-state index is -0.611. The van der Waals surface area contributed by atoms with Crippen molar-refractivity contribution in [3.63, 3.8) is 0 Å². The van der Waals surface area contributed by atoms with Gasteiger partial charge in [-0.05, 0) is 36.2 Å². The molecule has 3 aromatic carbocycles. The average Bonchev–Trinajstić information content (AvgIpc) is 2.96. The summed E-state index contributed by atoms with van der Waals surface area (Å²) >= 11 is 0. The summed E-state index contributed by atoms with van der Waals surface area (Å²) in [6, 6.07) is 17.4. The van der Waals surface area contributed by atoms with E-state index in [2.05, 4.69) is 5.32 Å². The van der Waals surface area contributed by atoms with E-state index >= 15 is 0 Å². The molecule has 200 valence electrons. The van der Waals surface area contributed by atoms with Gasteiger partial charge in [-0.25, -0.2) is 0 Å². The van der Waals surface area contributed by atoms with Crippen molar-refractivity contribution in [1.29, 1.82) is 0 Å². The van der Waals surface area contributed by atoms with Crippen molar-refractivity contribution in [2.24, 2.45) is 5.92 Å². The van der Waals surface area contributed by atoms with Gasteiger partial charge in [-0.2, -0.15) is 0 Å². The topological polar surface area (TPSA) is 95.6 Å². The molecule has 0 radical (unpaired) electrons. The number of hydrogen-bond donors (Lipinski definition) is 1. The summed E-state index contributed by atoms with van der Waals surface area (Å²) in [4.78, 5) is 28.9. The van der Waals surface area contributed by atoms with Crippen LogP contribution in [0, 0.1) is 5.92 Å². The van der Waals surface area contributed by atoms with Gasteiger partial charge < -0.3 is 33.9 Å². The molecule has 38 heavy (non-hydrogen) atoms. The zero-order chi connectivity index (χ0) is 27.2. The molecule has 1 aliphatic rings. The molecule has 2 atom stereocenters. The first-order valence-corrected chi connectivity index (χ1v) is 12.2. The van der Waals surface area contributed by atoms with E-state index < -0.39 is 12.0 Å². The minimum Gasteiger partial charge on any atom is -0.497 e. The van der Waals surface area contributed by atoms with Crippen molar-refractivity contribution >= 4 is 23.2 Å². The second-order valence-electron chi connectivity index (χ2n) is 8.70. The Morgan fingerprint density at radius 1 is 0.816 bits per heavy atom. The monoisotopic (exact) mass is 520 g/mol. The molecule has 0 saturated carbocycles. The number of carbonyl (C=O) groups is 2. The predicted octanol–water partition coefficient (Wildman–Crippen LogP) is 4.85. The van der Waals surface area contributed by atoms with Gasteiger partial charge in [0.25, 0.3) is 0 Å². The van der Waals surface area contributed by atoms with Crippen LogP contribution in [0.3, 0.4) is 0 Å². The number of nitrogens with one attached hydrogen (secondary N) is 1. The molecule has 1 N–H and O–H groups in total. The molecule has 1 saturated heterocycles. The predicted molar refractivity (Wildman–Crippen MR) is 144 cm³/mol. The largest absolute Gasteiger partial charge is 0.497 e. The molecule has 3 aromatic rings. The molecule has 1 aliphatic heterocycles. The molecule has 9 heteroatoms. The summed E-state index contributed by atoms with van der Waals surface area (Å²) in [5, 5.41) is 3.01. The van der Waals surface area contributed by atoms with Crippen molar-refractivity contribution < 1.29 is 33.3 Å². The Hall–Kier alpha value is -4.40. The number of nitrogens with zero attached hydrogens (tertiary/aromatic N) is 1. The number of amides is 2. The lowest BCUT2D eigenvalue weighted by Gasteiger charge is -2.41. The van der Waals surface area contributed by atoms with Crippen molar-refractivity contribution in [2.45, 2.75) is 18.9 Å². The van der Waals surface area contributed by atoms with Gasteiger partial charge in [-0.15, -0.1) is 0 Å². The van der Waals surface area contributed by atoms with Crippen LogP contribution in [0.1, 0.15) is 24.4 Å². The third kappa shape index (κ3) is 5.18. The molecule has 1 fully saturated rings. The maximum absolute atomic E-state index is 13.8. The van der Waals surface area contributed by atoms with E-state index in [1.807, 2.05) is 36.4 Å². The highest BCUT2D eigenvalue weighted by Crippen LogP contribution is 2.46. The zero-order valence-corrected chi connectivity index (χ0v) is 22.1.